The Bertz CT molecular complexity index is 931. The summed E-state index contributed by atoms with van der Waals surface area (Å²) in [6.07, 6.45) is 1.65. The van der Waals surface area contributed by atoms with E-state index in [1.807, 2.05) is 26.0 Å². The zero-order valence-corrected chi connectivity index (χ0v) is 17.6. The summed E-state index contributed by atoms with van der Waals surface area (Å²) < 4.78 is 10.7. The third kappa shape index (κ3) is 4.17. The van der Waals surface area contributed by atoms with Crippen molar-refractivity contribution in [2.75, 3.05) is 20.3 Å². The zero-order valence-electron chi connectivity index (χ0n) is 17.6. The molecule has 6 nitrogen and oxygen atoms in total. The molecule has 0 spiro atoms. The van der Waals surface area contributed by atoms with Crippen molar-refractivity contribution in [2.24, 2.45) is 0 Å². The number of ketones is 1. The first-order valence-electron chi connectivity index (χ1n) is 10.2. The van der Waals surface area contributed by atoms with Gasteiger partial charge >= 0.3 is 0 Å². The maximum atomic E-state index is 12.9. The molecule has 1 unspecified atom stereocenters. The topological polar surface area (TPSA) is 76.1 Å². The molecular formula is C24H27NO5. The molecule has 1 aliphatic rings. The highest BCUT2D eigenvalue weighted by atomic mass is 16.5. The van der Waals surface area contributed by atoms with Crippen LogP contribution in [0.2, 0.25) is 0 Å². The highest BCUT2D eigenvalue weighted by molar-refractivity contribution is 6.46. The molecule has 0 saturated carbocycles. The third-order valence-corrected chi connectivity index (χ3v) is 5.16. The van der Waals surface area contributed by atoms with Gasteiger partial charge in [0.2, 0.25) is 0 Å². The average Bonchev–Trinajstić information content (AvgIpc) is 3.02. The van der Waals surface area contributed by atoms with E-state index in [9.17, 15) is 14.7 Å². The van der Waals surface area contributed by atoms with Crippen molar-refractivity contribution < 1.29 is 24.2 Å². The van der Waals surface area contributed by atoms with E-state index < -0.39 is 17.7 Å². The van der Waals surface area contributed by atoms with Crippen molar-refractivity contribution in [3.05, 3.63) is 65.2 Å². The quantitative estimate of drug-likeness (QED) is 0.399. The number of amides is 1. The number of rotatable bonds is 8. The fraction of sp³-hybridized carbons (Fsp3) is 0.333. The SMILES string of the molecule is CCCCN1C(=O)C(=O)/C(=C(\O)c2ccc(OCC)cc2)C1c1ccc(OC)cc1. The van der Waals surface area contributed by atoms with Gasteiger partial charge in [0.05, 0.1) is 25.3 Å². The van der Waals surface area contributed by atoms with Crippen LogP contribution >= 0.6 is 0 Å². The lowest BCUT2D eigenvalue weighted by molar-refractivity contribution is -0.139. The second kappa shape index (κ2) is 9.48. The highest BCUT2D eigenvalue weighted by Crippen LogP contribution is 2.40. The van der Waals surface area contributed by atoms with Crippen LogP contribution in [0.5, 0.6) is 11.5 Å². The van der Waals surface area contributed by atoms with Crippen LogP contribution in [0, 0.1) is 0 Å². The average molecular weight is 409 g/mol. The predicted octanol–water partition coefficient (Wildman–Crippen LogP) is 4.32. The summed E-state index contributed by atoms with van der Waals surface area (Å²) in [5, 5.41) is 11.0. The molecule has 1 fully saturated rings. The number of hydrogen-bond donors (Lipinski definition) is 1. The molecular weight excluding hydrogens is 382 g/mol. The van der Waals surface area contributed by atoms with Crippen molar-refractivity contribution >= 4 is 17.4 Å². The van der Waals surface area contributed by atoms with Crippen molar-refractivity contribution in [1.29, 1.82) is 0 Å². The third-order valence-electron chi connectivity index (χ3n) is 5.16. The molecule has 0 aliphatic carbocycles. The van der Waals surface area contributed by atoms with E-state index >= 15 is 0 Å². The van der Waals surface area contributed by atoms with Crippen molar-refractivity contribution in [2.45, 2.75) is 32.7 Å². The van der Waals surface area contributed by atoms with Gasteiger partial charge in [-0.15, -0.1) is 0 Å². The van der Waals surface area contributed by atoms with E-state index in [-0.39, 0.29) is 11.3 Å². The van der Waals surface area contributed by atoms with Gasteiger partial charge in [0.25, 0.3) is 11.7 Å². The van der Waals surface area contributed by atoms with Crippen LogP contribution in [0.4, 0.5) is 0 Å². The van der Waals surface area contributed by atoms with E-state index in [0.717, 1.165) is 18.4 Å². The molecule has 1 N–H and O–H groups in total. The molecule has 1 heterocycles. The lowest BCUT2D eigenvalue weighted by Gasteiger charge is -2.25. The smallest absolute Gasteiger partial charge is 0.295 e. The first-order valence-corrected chi connectivity index (χ1v) is 10.2. The fourth-order valence-electron chi connectivity index (χ4n) is 3.60. The van der Waals surface area contributed by atoms with Gasteiger partial charge in [-0.05, 0) is 55.3 Å². The molecule has 1 saturated heterocycles. The highest BCUT2D eigenvalue weighted by Gasteiger charge is 2.45. The second-order valence-corrected chi connectivity index (χ2v) is 7.08. The number of Topliss-reactive ketones (excluding diaryl/α,β-unsaturated/α-hetero) is 1. The minimum absolute atomic E-state index is 0.102. The number of benzene rings is 2. The molecule has 0 radical (unpaired) electrons. The first-order chi connectivity index (χ1) is 14.5. The number of carbonyl (C=O) groups excluding carboxylic acids is 2. The molecule has 30 heavy (non-hydrogen) atoms. The minimum Gasteiger partial charge on any atom is -0.507 e. The molecule has 0 aromatic heterocycles. The van der Waals surface area contributed by atoms with Crippen LogP contribution in [0.25, 0.3) is 5.76 Å². The van der Waals surface area contributed by atoms with Crippen LogP contribution in [0.1, 0.15) is 43.9 Å². The van der Waals surface area contributed by atoms with Crippen LogP contribution in [0.15, 0.2) is 54.1 Å². The maximum absolute atomic E-state index is 12.9. The standard InChI is InChI=1S/C24H27NO5/c1-4-6-15-25-21(16-7-11-18(29-3)12-8-16)20(23(27)24(25)28)22(26)17-9-13-19(14-10-17)30-5-2/h7-14,21,26H,4-6,15H2,1-3H3/b22-20-. The monoisotopic (exact) mass is 409 g/mol. The Kier molecular flexibility index (Phi) is 6.77. The Morgan fingerprint density at radius 3 is 2.20 bits per heavy atom. The first kappa shape index (κ1) is 21.4. The van der Waals surface area contributed by atoms with E-state index in [4.69, 9.17) is 9.47 Å². The van der Waals surface area contributed by atoms with E-state index in [1.165, 1.54) is 0 Å². The summed E-state index contributed by atoms with van der Waals surface area (Å²) in [7, 11) is 1.58. The summed E-state index contributed by atoms with van der Waals surface area (Å²) >= 11 is 0. The van der Waals surface area contributed by atoms with Gasteiger partial charge in [-0.3, -0.25) is 9.59 Å². The largest absolute Gasteiger partial charge is 0.507 e. The van der Waals surface area contributed by atoms with Crippen molar-refractivity contribution in [3.8, 4) is 11.5 Å². The molecule has 2 aromatic rings. The number of aliphatic hydroxyl groups excluding tert-OH is 1. The lowest BCUT2D eigenvalue weighted by atomic mass is 9.95. The van der Waals surface area contributed by atoms with Gasteiger partial charge in [-0.2, -0.15) is 0 Å². The number of carbonyl (C=O) groups is 2. The molecule has 1 aliphatic heterocycles. The number of ether oxygens (including phenoxy) is 2. The molecule has 1 amide bonds. The number of nitrogens with zero attached hydrogens (tertiary/aromatic N) is 1. The Hall–Kier alpha value is -3.28. The van der Waals surface area contributed by atoms with Gasteiger partial charge in [0.1, 0.15) is 17.3 Å². The van der Waals surface area contributed by atoms with Crippen molar-refractivity contribution in [3.63, 3.8) is 0 Å². The lowest BCUT2D eigenvalue weighted by Crippen LogP contribution is -2.30. The molecule has 1 atom stereocenters. The minimum atomic E-state index is -0.668. The predicted molar refractivity (Wildman–Crippen MR) is 115 cm³/mol. The van der Waals surface area contributed by atoms with Crippen LogP contribution in [-0.2, 0) is 9.59 Å². The van der Waals surface area contributed by atoms with E-state index in [0.29, 0.717) is 30.2 Å². The number of aliphatic hydroxyl groups is 1. The van der Waals surface area contributed by atoms with Gasteiger partial charge in [-0.1, -0.05) is 25.5 Å². The van der Waals surface area contributed by atoms with Crippen LogP contribution in [-0.4, -0.2) is 42.0 Å². The van der Waals surface area contributed by atoms with Gasteiger partial charge in [-0.25, -0.2) is 0 Å². The summed E-state index contributed by atoms with van der Waals surface area (Å²) in [5.74, 6) is -0.0915. The normalized spacial score (nSPS) is 18.0. The number of unbranched alkanes of at least 4 members (excludes halogenated alkanes) is 1. The zero-order chi connectivity index (χ0) is 21.7. The Morgan fingerprint density at radius 1 is 1.00 bits per heavy atom. The summed E-state index contributed by atoms with van der Waals surface area (Å²) in [4.78, 5) is 27.3. The molecule has 3 rings (SSSR count). The Balaban J connectivity index is 2.08. The molecule has 2 aromatic carbocycles. The van der Waals surface area contributed by atoms with Gasteiger partial charge < -0.3 is 19.5 Å². The van der Waals surface area contributed by atoms with Crippen LogP contribution < -0.4 is 9.47 Å². The molecule has 6 heteroatoms. The van der Waals surface area contributed by atoms with Gasteiger partial charge in [0.15, 0.2) is 0 Å². The number of methoxy groups -OCH3 is 1. The second-order valence-electron chi connectivity index (χ2n) is 7.08. The van der Waals surface area contributed by atoms with E-state index in [1.54, 1.807) is 48.4 Å². The number of likely N-dealkylation sites (tertiary alicyclic amines) is 1. The fourth-order valence-corrected chi connectivity index (χ4v) is 3.60. The summed E-state index contributed by atoms with van der Waals surface area (Å²) in [5.41, 5.74) is 1.31. The molecule has 158 valence electrons. The number of hydrogen-bond acceptors (Lipinski definition) is 5. The van der Waals surface area contributed by atoms with Crippen molar-refractivity contribution in [1.82, 2.24) is 4.90 Å². The van der Waals surface area contributed by atoms with Gasteiger partial charge in [0, 0.05) is 12.1 Å². The Morgan fingerprint density at radius 2 is 1.63 bits per heavy atom. The summed E-state index contributed by atoms with van der Waals surface area (Å²) in [6, 6.07) is 13.4. The molecule has 0 bridgehead atoms. The van der Waals surface area contributed by atoms with E-state index in [2.05, 4.69) is 0 Å². The summed E-state index contributed by atoms with van der Waals surface area (Å²) in [6.45, 7) is 4.89. The maximum Gasteiger partial charge on any atom is 0.295 e. The Labute approximate surface area is 176 Å². The van der Waals surface area contributed by atoms with Crippen LogP contribution in [0.3, 0.4) is 0 Å².